The topological polar surface area (TPSA) is 4.93 Å². The fourth-order valence-electron chi connectivity index (χ4n) is 4.95. The fraction of sp³-hybridized carbons (Fsp3) is 0.0625. The van der Waals surface area contributed by atoms with Crippen molar-refractivity contribution in [2.75, 3.05) is 0 Å². The summed E-state index contributed by atoms with van der Waals surface area (Å²) in [6.45, 7) is 2.21. The van der Waals surface area contributed by atoms with Gasteiger partial charge in [-0.2, -0.15) is 0 Å². The van der Waals surface area contributed by atoms with Gasteiger partial charge in [-0.15, -0.1) is 0 Å². The molecule has 0 saturated heterocycles. The molecule has 33 heavy (non-hydrogen) atoms. The number of fused-ring (bicyclic) bond motifs is 3. The first-order valence-corrected chi connectivity index (χ1v) is 11.5. The summed E-state index contributed by atoms with van der Waals surface area (Å²) < 4.78 is 2.43. The molecule has 0 aliphatic heterocycles. The van der Waals surface area contributed by atoms with E-state index >= 15 is 0 Å². The van der Waals surface area contributed by atoms with Crippen LogP contribution >= 0.6 is 0 Å². The number of nitrogens with zero attached hydrogens (tertiary/aromatic N) is 1. The molecule has 0 aliphatic carbocycles. The van der Waals surface area contributed by atoms with E-state index in [1.165, 1.54) is 55.3 Å². The predicted molar refractivity (Wildman–Crippen MR) is 140 cm³/mol. The van der Waals surface area contributed by atoms with Crippen LogP contribution in [-0.4, -0.2) is 4.57 Å². The Balaban J connectivity index is 1.56. The molecule has 0 N–H and O–H groups in total. The Morgan fingerprint density at radius 3 is 2.09 bits per heavy atom. The van der Waals surface area contributed by atoms with Crippen molar-refractivity contribution >= 4 is 21.8 Å². The van der Waals surface area contributed by atoms with Gasteiger partial charge in [0, 0.05) is 16.5 Å². The summed E-state index contributed by atoms with van der Waals surface area (Å²) in [6.07, 6.45) is 0.943. The van der Waals surface area contributed by atoms with Crippen LogP contribution in [0.5, 0.6) is 0 Å². The van der Waals surface area contributed by atoms with Gasteiger partial charge in [0.2, 0.25) is 0 Å². The van der Waals surface area contributed by atoms with Gasteiger partial charge in [-0.05, 0) is 65.4 Å². The van der Waals surface area contributed by atoms with E-state index in [9.17, 15) is 0 Å². The van der Waals surface area contributed by atoms with Crippen molar-refractivity contribution in [1.82, 2.24) is 4.57 Å². The number of hydrogen-bond acceptors (Lipinski definition) is 0. The fourth-order valence-corrected chi connectivity index (χ4v) is 4.95. The molecule has 158 valence electrons. The molecular formula is C32H25N. The zero-order chi connectivity index (χ0) is 22.2. The van der Waals surface area contributed by atoms with Gasteiger partial charge in [0.1, 0.15) is 0 Å². The highest BCUT2D eigenvalue weighted by molar-refractivity contribution is 6.10. The molecule has 0 radical (unpaired) electrons. The number of hydrogen-bond donors (Lipinski definition) is 0. The van der Waals surface area contributed by atoms with Crippen LogP contribution in [0, 0.1) is 6.92 Å². The summed E-state index contributed by atoms with van der Waals surface area (Å²) in [7, 11) is 0. The first-order chi connectivity index (χ1) is 16.3. The summed E-state index contributed by atoms with van der Waals surface area (Å²) in [5.74, 6) is 0. The molecule has 0 bridgehead atoms. The highest BCUT2D eigenvalue weighted by Gasteiger charge is 2.15. The van der Waals surface area contributed by atoms with Gasteiger partial charge < -0.3 is 4.57 Å². The van der Waals surface area contributed by atoms with Crippen molar-refractivity contribution in [2.24, 2.45) is 0 Å². The molecule has 0 atom stereocenters. The smallest absolute Gasteiger partial charge is 0.0570 e. The first kappa shape index (κ1) is 19.6. The lowest BCUT2D eigenvalue weighted by molar-refractivity contribution is 1.16. The van der Waals surface area contributed by atoms with E-state index in [-0.39, 0.29) is 0 Å². The van der Waals surface area contributed by atoms with Crippen LogP contribution in [0.15, 0.2) is 121 Å². The second-order valence-corrected chi connectivity index (χ2v) is 8.74. The number of benzene rings is 5. The third kappa shape index (κ3) is 3.52. The summed E-state index contributed by atoms with van der Waals surface area (Å²) >= 11 is 0. The van der Waals surface area contributed by atoms with Crippen molar-refractivity contribution in [1.29, 1.82) is 0 Å². The average Bonchev–Trinajstić information content (AvgIpc) is 3.20. The Morgan fingerprint density at radius 2 is 1.27 bits per heavy atom. The van der Waals surface area contributed by atoms with E-state index in [1.807, 2.05) is 0 Å². The minimum Gasteiger partial charge on any atom is -0.309 e. The van der Waals surface area contributed by atoms with Crippen molar-refractivity contribution in [3.63, 3.8) is 0 Å². The lowest BCUT2D eigenvalue weighted by Crippen LogP contribution is -1.96. The first-order valence-electron chi connectivity index (χ1n) is 11.5. The molecule has 6 rings (SSSR count). The Kier molecular flexibility index (Phi) is 4.81. The van der Waals surface area contributed by atoms with E-state index in [4.69, 9.17) is 0 Å². The molecule has 1 nitrogen and oxygen atoms in total. The van der Waals surface area contributed by atoms with Crippen LogP contribution in [0.25, 0.3) is 38.6 Å². The van der Waals surface area contributed by atoms with Crippen LogP contribution in [0.2, 0.25) is 0 Å². The van der Waals surface area contributed by atoms with E-state index < -0.39 is 0 Å². The van der Waals surface area contributed by atoms with E-state index in [1.54, 1.807) is 0 Å². The van der Waals surface area contributed by atoms with Crippen molar-refractivity contribution in [3.8, 4) is 16.8 Å². The average molecular weight is 424 g/mol. The summed E-state index contributed by atoms with van der Waals surface area (Å²) in [5, 5.41) is 2.62. The molecule has 0 amide bonds. The Morgan fingerprint density at radius 1 is 0.545 bits per heavy atom. The maximum Gasteiger partial charge on any atom is 0.0570 e. The standard InChI is InChI=1S/C32H25N/c1-23-10-8-17-29-30-21-25(20-24-11-4-2-5-12-24)18-19-31(30)33(32(23)29)28-16-9-15-27(22-28)26-13-6-3-7-14-26/h2-19,21-22H,20H2,1H3. The van der Waals surface area contributed by atoms with E-state index in [0.717, 1.165) is 6.42 Å². The lowest BCUT2D eigenvalue weighted by atomic mass is 10.0. The second-order valence-electron chi connectivity index (χ2n) is 8.74. The number of rotatable bonds is 4. The van der Waals surface area contributed by atoms with E-state index in [0.29, 0.717) is 0 Å². The van der Waals surface area contributed by atoms with Gasteiger partial charge in [0.15, 0.2) is 0 Å². The summed E-state index contributed by atoms with van der Waals surface area (Å²) in [6, 6.07) is 43.8. The predicted octanol–water partition coefficient (Wildman–Crippen LogP) is 8.35. The van der Waals surface area contributed by atoms with Crippen LogP contribution in [0.1, 0.15) is 16.7 Å². The van der Waals surface area contributed by atoms with Gasteiger partial charge in [-0.1, -0.05) is 97.1 Å². The zero-order valence-electron chi connectivity index (χ0n) is 18.7. The minimum atomic E-state index is 0.943. The largest absolute Gasteiger partial charge is 0.309 e. The number of para-hydroxylation sites is 1. The van der Waals surface area contributed by atoms with Crippen LogP contribution in [0.4, 0.5) is 0 Å². The minimum absolute atomic E-state index is 0.943. The van der Waals surface area contributed by atoms with Gasteiger partial charge >= 0.3 is 0 Å². The summed E-state index contributed by atoms with van der Waals surface area (Å²) in [4.78, 5) is 0. The molecule has 5 aromatic carbocycles. The monoisotopic (exact) mass is 423 g/mol. The van der Waals surface area contributed by atoms with Gasteiger partial charge in [-0.3, -0.25) is 0 Å². The van der Waals surface area contributed by atoms with Gasteiger partial charge in [0.05, 0.1) is 11.0 Å². The highest BCUT2D eigenvalue weighted by Crippen LogP contribution is 2.35. The molecule has 0 saturated carbocycles. The molecule has 0 unspecified atom stereocenters. The third-order valence-corrected chi connectivity index (χ3v) is 6.52. The quantitative estimate of drug-likeness (QED) is 0.268. The number of aromatic nitrogens is 1. The van der Waals surface area contributed by atoms with Gasteiger partial charge in [-0.25, -0.2) is 0 Å². The molecule has 1 aromatic heterocycles. The molecular weight excluding hydrogens is 398 g/mol. The van der Waals surface area contributed by atoms with Crippen molar-refractivity contribution < 1.29 is 0 Å². The van der Waals surface area contributed by atoms with E-state index in [2.05, 4.69) is 133 Å². The molecule has 0 fully saturated rings. The summed E-state index contributed by atoms with van der Waals surface area (Å²) in [5.41, 5.74) is 10.2. The SMILES string of the molecule is Cc1cccc2c3cc(Cc4ccccc4)ccc3n(-c3cccc(-c4ccccc4)c3)c12. The molecule has 6 aromatic rings. The van der Waals surface area contributed by atoms with Crippen LogP contribution < -0.4 is 0 Å². The molecule has 1 heteroatoms. The Bertz CT molecular complexity index is 1570. The Hall–Kier alpha value is -4.10. The third-order valence-electron chi connectivity index (χ3n) is 6.52. The van der Waals surface area contributed by atoms with Crippen LogP contribution in [0.3, 0.4) is 0 Å². The second kappa shape index (κ2) is 8.11. The molecule has 1 heterocycles. The lowest BCUT2D eigenvalue weighted by Gasteiger charge is -2.12. The maximum absolute atomic E-state index is 2.43. The number of aryl methyl sites for hydroxylation is 1. The molecule has 0 spiro atoms. The zero-order valence-corrected chi connectivity index (χ0v) is 18.7. The maximum atomic E-state index is 2.43. The molecule has 0 aliphatic rings. The van der Waals surface area contributed by atoms with Gasteiger partial charge in [0.25, 0.3) is 0 Å². The van der Waals surface area contributed by atoms with Crippen LogP contribution in [-0.2, 0) is 6.42 Å². The van der Waals surface area contributed by atoms with Crippen molar-refractivity contribution in [3.05, 3.63) is 138 Å². The highest BCUT2D eigenvalue weighted by atomic mass is 15.0. The van der Waals surface area contributed by atoms with Crippen molar-refractivity contribution in [2.45, 2.75) is 13.3 Å². The Labute approximate surface area is 194 Å². The normalized spacial score (nSPS) is 11.3.